The van der Waals surface area contributed by atoms with Crippen molar-refractivity contribution in [2.45, 2.75) is 25.8 Å². The minimum Gasteiger partial charge on any atom is -0.496 e. The van der Waals surface area contributed by atoms with Crippen LogP contribution in [0.25, 0.3) is 6.08 Å². The molecule has 0 aromatic heterocycles. The van der Waals surface area contributed by atoms with E-state index < -0.39 is 5.97 Å². The highest BCUT2D eigenvalue weighted by Crippen LogP contribution is 2.24. The quantitative estimate of drug-likeness (QED) is 0.905. The third kappa shape index (κ3) is 3.85. The number of nitrogens with zero attached hydrogens (tertiary/aromatic N) is 1. The van der Waals surface area contributed by atoms with Crippen LogP contribution in [0.15, 0.2) is 30.3 Å². The van der Waals surface area contributed by atoms with E-state index in [1.807, 2.05) is 37.3 Å². The Hall–Kier alpha value is -1.81. The van der Waals surface area contributed by atoms with Gasteiger partial charge in [-0.25, -0.2) is 0 Å². The Morgan fingerprint density at radius 2 is 2.24 bits per heavy atom. The van der Waals surface area contributed by atoms with E-state index in [9.17, 15) is 9.90 Å². The fourth-order valence-corrected chi connectivity index (χ4v) is 2.92. The van der Waals surface area contributed by atoms with Gasteiger partial charge in [0.2, 0.25) is 0 Å². The maximum atomic E-state index is 11.2. The molecule has 0 spiro atoms. The number of carboxylic acid groups (broad SMARTS) is 1. The van der Waals surface area contributed by atoms with Crippen LogP contribution >= 0.6 is 0 Å². The molecule has 1 aliphatic rings. The predicted molar refractivity (Wildman–Crippen MR) is 83.4 cm³/mol. The summed E-state index contributed by atoms with van der Waals surface area (Å²) in [5.74, 6) is -0.0804. The number of aliphatic carboxylic acids is 1. The molecule has 4 heteroatoms. The molecule has 1 fully saturated rings. The van der Waals surface area contributed by atoms with E-state index in [0.29, 0.717) is 0 Å². The third-order valence-electron chi connectivity index (χ3n) is 4.21. The highest BCUT2D eigenvalue weighted by atomic mass is 16.5. The summed E-state index contributed by atoms with van der Waals surface area (Å²) in [6.45, 7) is 3.74. The Labute approximate surface area is 126 Å². The standard InChI is InChI=1S/C17H23NO3/c1-13-15(17(19)20)9-6-12-18(13)11-5-8-14-7-3-4-10-16(14)21-2/h3-5,7-8,10,13,15H,6,9,11-12H2,1-2H3,(H,19,20)/b8-5+/t13-,15-/m0/s1. The number of carbonyl (C=O) groups is 1. The summed E-state index contributed by atoms with van der Waals surface area (Å²) in [5.41, 5.74) is 1.04. The molecule has 0 saturated carbocycles. The zero-order valence-electron chi connectivity index (χ0n) is 12.7. The molecule has 1 heterocycles. The smallest absolute Gasteiger partial charge is 0.308 e. The van der Waals surface area contributed by atoms with E-state index >= 15 is 0 Å². The first-order valence-electron chi connectivity index (χ1n) is 7.40. The molecule has 1 N–H and O–H groups in total. The van der Waals surface area contributed by atoms with Gasteiger partial charge in [-0.1, -0.05) is 30.4 Å². The van der Waals surface area contributed by atoms with Crippen molar-refractivity contribution >= 4 is 12.0 Å². The molecule has 1 aromatic carbocycles. The van der Waals surface area contributed by atoms with E-state index in [1.54, 1.807) is 7.11 Å². The van der Waals surface area contributed by atoms with E-state index in [2.05, 4.69) is 11.0 Å². The summed E-state index contributed by atoms with van der Waals surface area (Å²) in [4.78, 5) is 13.5. The van der Waals surface area contributed by atoms with Gasteiger partial charge in [-0.2, -0.15) is 0 Å². The van der Waals surface area contributed by atoms with Gasteiger partial charge in [0.25, 0.3) is 0 Å². The van der Waals surface area contributed by atoms with Crippen LogP contribution in [0.1, 0.15) is 25.3 Å². The molecule has 21 heavy (non-hydrogen) atoms. The summed E-state index contributed by atoms with van der Waals surface area (Å²) in [6.07, 6.45) is 5.85. The number of carboxylic acids is 1. The summed E-state index contributed by atoms with van der Waals surface area (Å²) in [7, 11) is 1.66. The number of hydrogen-bond donors (Lipinski definition) is 1. The summed E-state index contributed by atoms with van der Waals surface area (Å²) in [6, 6.07) is 7.95. The van der Waals surface area contributed by atoms with Crippen molar-refractivity contribution in [2.75, 3.05) is 20.2 Å². The average molecular weight is 289 g/mol. The number of ether oxygens (including phenoxy) is 1. The monoisotopic (exact) mass is 289 g/mol. The Morgan fingerprint density at radius 1 is 1.48 bits per heavy atom. The predicted octanol–water partition coefficient (Wildman–Crippen LogP) is 2.89. The second-order valence-corrected chi connectivity index (χ2v) is 5.47. The first-order valence-corrected chi connectivity index (χ1v) is 7.40. The van der Waals surface area contributed by atoms with Crippen molar-refractivity contribution in [1.29, 1.82) is 0 Å². The highest BCUT2D eigenvalue weighted by Gasteiger charge is 2.31. The van der Waals surface area contributed by atoms with Crippen molar-refractivity contribution in [3.63, 3.8) is 0 Å². The highest BCUT2D eigenvalue weighted by molar-refractivity contribution is 5.71. The molecule has 2 atom stereocenters. The first-order chi connectivity index (χ1) is 10.1. The van der Waals surface area contributed by atoms with Crippen LogP contribution in [-0.2, 0) is 4.79 Å². The van der Waals surface area contributed by atoms with E-state index in [1.165, 1.54) is 0 Å². The lowest BCUT2D eigenvalue weighted by Crippen LogP contribution is -2.46. The van der Waals surface area contributed by atoms with Gasteiger partial charge in [0, 0.05) is 18.2 Å². The number of methoxy groups -OCH3 is 1. The second kappa shape index (κ2) is 7.27. The minimum absolute atomic E-state index is 0.0820. The second-order valence-electron chi connectivity index (χ2n) is 5.47. The average Bonchev–Trinajstić information content (AvgIpc) is 2.49. The Morgan fingerprint density at radius 3 is 2.95 bits per heavy atom. The molecule has 0 unspecified atom stereocenters. The topological polar surface area (TPSA) is 49.8 Å². The minimum atomic E-state index is -0.680. The zero-order chi connectivity index (χ0) is 15.2. The zero-order valence-corrected chi connectivity index (χ0v) is 12.7. The largest absolute Gasteiger partial charge is 0.496 e. The van der Waals surface area contributed by atoms with Crippen molar-refractivity contribution in [3.8, 4) is 5.75 Å². The molecule has 1 aromatic rings. The molecule has 1 aliphatic heterocycles. The molecule has 114 valence electrons. The van der Waals surface area contributed by atoms with Crippen molar-refractivity contribution < 1.29 is 14.6 Å². The molecular formula is C17H23NO3. The first kappa shape index (κ1) is 15.6. The fourth-order valence-electron chi connectivity index (χ4n) is 2.92. The molecule has 2 rings (SSSR count). The van der Waals surface area contributed by atoms with Gasteiger partial charge in [-0.15, -0.1) is 0 Å². The van der Waals surface area contributed by atoms with Gasteiger partial charge in [0.05, 0.1) is 13.0 Å². The van der Waals surface area contributed by atoms with Gasteiger partial charge >= 0.3 is 5.97 Å². The summed E-state index contributed by atoms with van der Waals surface area (Å²) in [5, 5.41) is 9.24. The number of likely N-dealkylation sites (tertiary alicyclic amines) is 1. The van der Waals surface area contributed by atoms with Crippen LogP contribution < -0.4 is 4.74 Å². The SMILES string of the molecule is COc1ccccc1/C=C/CN1CCC[C@H](C(=O)O)[C@@H]1C. The molecule has 0 aliphatic carbocycles. The molecule has 0 radical (unpaired) electrons. The van der Waals surface area contributed by atoms with Crippen molar-refractivity contribution in [3.05, 3.63) is 35.9 Å². The Bertz CT molecular complexity index is 513. The summed E-state index contributed by atoms with van der Waals surface area (Å²) >= 11 is 0. The molecule has 0 bridgehead atoms. The lowest BCUT2D eigenvalue weighted by atomic mass is 9.90. The van der Waals surface area contributed by atoms with Gasteiger partial charge < -0.3 is 9.84 Å². The number of hydrogen-bond acceptors (Lipinski definition) is 3. The number of para-hydroxylation sites is 1. The summed E-state index contributed by atoms with van der Waals surface area (Å²) < 4.78 is 5.31. The van der Waals surface area contributed by atoms with E-state index in [0.717, 1.165) is 37.2 Å². The van der Waals surface area contributed by atoms with E-state index in [-0.39, 0.29) is 12.0 Å². The number of rotatable bonds is 5. The van der Waals surface area contributed by atoms with Crippen LogP contribution in [0.2, 0.25) is 0 Å². The number of piperidine rings is 1. The molecule has 0 amide bonds. The van der Waals surface area contributed by atoms with Crippen LogP contribution in [0.4, 0.5) is 0 Å². The normalized spacial score (nSPS) is 23.3. The maximum absolute atomic E-state index is 11.2. The van der Waals surface area contributed by atoms with Gasteiger partial charge in [0.1, 0.15) is 5.75 Å². The number of benzene rings is 1. The Balaban J connectivity index is 1.98. The van der Waals surface area contributed by atoms with Crippen LogP contribution in [0.3, 0.4) is 0 Å². The van der Waals surface area contributed by atoms with Crippen LogP contribution in [0.5, 0.6) is 5.75 Å². The van der Waals surface area contributed by atoms with Gasteiger partial charge in [-0.3, -0.25) is 9.69 Å². The van der Waals surface area contributed by atoms with Gasteiger partial charge in [0.15, 0.2) is 0 Å². The lowest BCUT2D eigenvalue weighted by Gasteiger charge is -2.36. The molecular weight excluding hydrogens is 266 g/mol. The van der Waals surface area contributed by atoms with Crippen LogP contribution in [-0.4, -0.2) is 42.2 Å². The maximum Gasteiger partial charge on any atom is 0.308 e. The van der Waals surface area contributed by atoms with E-state index in [4.69, 9.17) is 4.74 Å². The molecule has 1 saturated heterocycles. The van der Waals surface area contributed by atoms with Gasteiger partial charge in [-0.05, 0) is 32.4 Å². The van der Waals surface area contributed by atoms with Crippen molar-refractivity contribution in [2.24, 2.45) is 5.92 Å². The third-order valence-corrected chi connectivity index (χ3v) is 4.21. The molecule has 4 nitrogen and oxygen atoms in total. The van der Waals surface area contributed by atoms with Crippen LogP contribution in [0, 0.1) is 5.92 Å². The lowest BCUT2D eigenvalue weighted by molar-refractivity contribution is -0.145. The fraction of sp³-hybridized carbons (Fsp3) is 0.471. The Kier molecular flexibility index (Phi) is 5.39. The van der Waals surface area contributed by atoms with Crippen molar-refractivity contribution in [1.82, 2.24) is 4.90 Å².